The highest BCUT2D eigenvalue weighted by Gasteiger charge is 2.03. The molecule has 0 N–H and O–H groups in total. The summed E-state index contributed by atoms with van der Waals surface area (Å²) in [7, 11) is 0. The molecule has 0 fully saturated rings. The van der Waals surface area contributed by atoms with Crippen LogP contribution in [-0.4, -0.2) is 5.97 Å². The van der Waals surface area contributed by atoms with Gasteiger partial charge in [-0.1, -0.05) is 30.8 Å². The van der Waals surface area contributed by atoms with Crippen LogP contribution < -0.4 is 0 Å². The lowest BCUT2D eigenvalue weighted by molar-refractivity contribution is -0.128. The van der Waals surface area contributed by atoms with Gasteiger partial charge in [0, 0.05) is 11.3 Å². The quantitative estimate of drug-likeness (QED) is 0.495. The average molecular weight is 254 g/mol. The normalized spacial score (nSPS) is 9.88. The minimum atomic E-state index is -0.364. The molecule has 0 amide bonds. The molecular formula is C12H14O2S2. The Bertz CT molecular complexity index is 371. The number of carbonyl (C=O) groups excluding carboxylic acids is 1. The van der Waals surface area contributed by atoms with Gasteiger partial charge in [0.15, 0.2) is 0 Å². The Labute approximate surface area is 106 Å². The molecule has 0 aliphatic carbocycles. The summed E-state index contributed by atoms with van der Waals surface area (Å²) in [6.45, 7) is 5.14. The Kier molecular flexibility index (Phi) is 5.49. The van der Waals surface area contributed by atoms with Crippen LogP contribution in [0.15, 0.2) is 36.4 Å². The van der Waals surface area contributed by atoms with Crippen LogP contribution in [0, 0.1) is 0 Å². The monoisotopic (exact) mass is 254 g/mol. The van der Waals surface area contributed by atoms with Crippen LogP contribution in [0.2, 0.25) is 0 Å². The highest BCUT2D eigenvalue weighted by molar-refractivity contribution is 7.94. The predicted octanol–water partition coefficient (Wildman–Crippen LogP) is 3.38. The molecule has 0 aliphatic heterocycles. The lowest BCUT2D eigenvalue weighted by Crippen LogP contribution is -1.98. The first-order valence-electron chi connectivity index (χ1n) is 4.81. The van der Waals surface area contributed by atoms with Crippen molar-refractivity contribution in [3.8, 4) is 0 Å². The molecule has 1 aromatic rings. The SMILES string of the molecule is C=C(C)C(=O)OSCc1ccc(CS)cc1. The minimum absolute atomic E-state index is 0.364. The molecule has 0 aromatic heterocycles. The molecule has 0 atom stereocenters. The highest BCUT2D eigenvalue weighted by atomic mass is 32.2. The summed E-state index contributed by atoms with van der Waals surface area (Å²) in [5.41, 5.74) is 2.71. The molecule has 0 heterocycles. The molecule has 0 saturated heterocycles. The number of thiol groups is 1. The first-order valence-corrected chi connectivity index (χ1v) is 6.35. The third-order valence-corrected chi connectivity index (χ3v) is 3.00. The smallest absolute Gasteiger partial charge is 0.345 e. The summed E-state index contributed by atoms with van der Waals surface area (Å²) < 4.78 is 4.93. The minimum Gasteiger partial charge on any atom is -0.388 e. The second kappa shape index (κ2) is 6.66. The van der Waals surface area contributed by atoms with E-state index in [1.807, 2.05) is 24.3 Å². The summed E-state index contributed by atoms with van der Waals surface area (Å²) in [5, 5.41) is 0. The molecule has 0 radical (unpaired) electrons. The van der Waals surface area contributed by atoms with E-state index in [4.69, 9.17) is 4.18 Å². The fourth-order valence-corrected chi connectivity index (χ4v) is 1.81. The molecule has 0 spiro atoms. The fraction of sp³-hybridized carbons (Fsp3) is 0.250. The van der Waals surface area contributed by atoms with Crippen LogP contribution in [0.4, 0.5) is 0 Å². The number of carbonyl (C=O) groups is 1. The fourth-order valence-electron chi connectivity index (χ4n) is 0.963. The van der Waals surface area contributed by atoms with E-state index in [2.05, 4.69) is 19.2 Å². The van der Waals surface area contributed by atoms with Gasteiger partial charge in [-0.05, 0) is 18.1 Å². The van der Waals surface area contributed by atoms with E-state index in [0.717, 1.165) is 23.4 Å². The largest absolute Gasteiger partial charge is 0.388 e. The summed E-state index contributed by atoms with van der Waals surface area (Å²) in [4.78, 5) is 11.1. The van der Waals surface area contributed by atoms with Crippen LogP contribution >= 0.6 is 24.7 Å². The van der Waals surface area contributed by atoms with Gasteiger partial charge in [0.2, 0.25) is 0 Å². The summed E-state index contributed by atoms with van der Waals surface area (Å²) in [5.74, 6) is 1.01. The number of benzene rings is 1. The number of hydrogen-bond acceptors (Lipinski definition) is 4. The zero-order valence-corrected chi connectivity index (χ0v) is 10.8. The van der Waals surface area contributed by atoms with Crippen molar-refractivity contribution in [1.82, 2.24) is 0 Å². The van der Waals surface area contributed by atoms with Gasteiger partial charge in [0.05, 0.1) is 17.8 Å². The van der Waals surface area contributed by atoms with E-state index in [9.17, 15) is 4.79 Å². The van der Waals surface area contributed by atoms with Crippen molar-refractivity contribution in [3.63, 3.8) is 0 Å². The van der Waals surface area contributed by atoms with Crippen molar-refractivity contribution in [2.45, 2.75) is 18.4 Å². The molecule has 4 heteroatoms. The molecular weight excluding hydrogens is 240 g/mol. The lowest BCUT2D eigenvalue weighted by atomic mass is 10.2. The van der Waals surface area contributed by atoms with Gasteiger partial charge >= 0.3 is 5.97 Å². The average Bonchev–Trinajstić information content (AvgIpc) is 2.29. The molecule has 0 unspecified atom stereocenters. The molecule has 0 bridgehead atoms. The van der Waals surface area contributed by atoms with Crippen LogP contribution in [0.25, 0.3) is 0 Å². The van der Waals surface area contributed by atoms with E-state index in [-0.39, 0.29) is 5.97 Å². The standard InChI is InChI=1S/C12H14O2S2/c1-9(2)12(13)14-16-8-11-5-3-10(7-15)4-6-11/h3-6,15H,1,7-8H2,2H3. The maximum atomic E-state index is 11.1. The second-order valence-corrected chi connectivity index (χ2v) is 4.40. The van der Waals surface area contributed by atoms with Crippen LogP contribution in [0.1, 0.15) is 18.1 Å². The zero-order chi connectivity index (χ0) is 12.0. The zero-order valence-electron chi connectivity index (χ0n) is 9.10. The molecule has 1 rings (SSSR count). The van der Waals surface area contributed by atoms with Gasteiger partial charge in [-0.15, -0.1) is 0 Å². The van der Waals surface area contributed by atoms with Crippen molar-refractivity contribution in [2.24, 2.45) is 0 Å². The Morgan fingerprint density at radius 1 is 1.38 bits per heavy atom. The third kappa shape index (κ3) is 4.33. The summed E-state index contributed by atoms with van der Waals surface area (Å²) in [6, 6.07) is 8.05. The molecule has 0 aliphatic rings. The van der Waals surface area contributed by atoms with Crippen molar-refractivity contribution in [1.29, 1.82) is 0 Å². The first-order chi connectivity index (χ1) is 7.63. The maximum Gasteiger partial charge on any atom is 0.345 e. The number of rotatable bonds is 5. The van der Waals surface area contributed by atoms with Crippen molar-refractivity contribution >= 4 is 30.6 Å². The third-order valence-electron chi connectivity index (χ3n) is 1.91. The van der Waals surface area contributed by atoms with Gasteiger partial charge in [-0.25, -0.2) is 4.79 Å². The second-order valence-electron chi connectivity index (χ2n) is 3.39. The van der Waals surface area contributed by atoms with E-state index in [0.29, 0.717) is 11.3 Å². The molecule has 16 heavy (non-hydrogen) atoms. The van der Waals surface area contributed by atoms with Crippen molar-refractivity contribution in [3.05, 3.63) is 47.5 Å². The van der Waals surface area contributed by atoms with Crippen molar-refractivity contribution in [2.75, 3.05) is 0 Å². The summed E-state index contributed by atoms with van der Waals surface area (Å²) in [6.07, 6.45) is 0. The Morgan fingerprint density at radius 2 is 1.94 bits per heavy atom. The van der Waals surface area contributed by atoms with E-state index < -0.39 is 0 Å². The van der Waals surface area contributed by atoms with Gasteiger partial charge < -0.3 is 4.18 Å². The highest BCUT2D eigenvalue weighted by Crippen LogP contribution is 2.16. The summed E-state index contributed by atoms with van der Waals surface area (Å²) >= 11 is 5.31. The molecule has 1 aromatic carbocycles. The Balaban J connectivity index is 2.37. The van der Waals surface area contributed by atoms with E-state index in [1.165, 1.54) is 5.56 Å². The van der Waals surface area contributed by atoms with Gasteiger partial charge in [0.25, 0.3) is 0 Å². The number of hydrogen-bond donors (Lipinski definition) is 1. The lowest BCUT2D eigenvalue weighted by Gasteiger charge is -2.03. The maximum absolute atomic E-state index is 11.1. The van der Waals surface area contributed by atoms with Crippen molar-refractivity contribution < 1.29 is 8.98 Å². The van der Waals surface area contributed by atoms with E-state index >= 15 is 0 Å². The molecule has 2 nitrogen and oxygen atoms in total. The van der Waals surface area contributed by atoms with Crippen LogP contribution in [-0.2, 0) is 20.5 Å². The molecule has 86 valence electrons. The van der Waals surface area contributed by atoms with E-state index in [1.54, 1.807) is 6.92 Å². The first kappa shape index (κ1) is 13.2. The van der Waals surface area contributed by atoms with Gasteiger partial charge in [-0.3, -0.25) is 0 Å². The Hall–Kier alpha value is -0.870. The predicted molar refractivity (Wildman–Crippen MR) is 71.3 cm³/mol. The molecule has 0 saturated carbocycles. The Morgan fingerprint density at radius 3 is 2.44 bits per heavy atom. The van der Waals surface area contributed by atoms with Crippen LogP contribution in [0.5, 0.6) is 0 Å². The van der Waals surface area contributed by atoms with Gasteiger partial charge in [0.1, 0.15) is 0 Å². The van der Waals surface area contributed by atoms with Gasteiger partial charge in [-0.2, -0.15) is 12.6 Å². The van der Waals surface area contributed by atoms with Crippen LogP contribution in [0.3, 0.4) is 0 Å². The topological polar surface area (TPSA) is 26.3 Å².